The van der Waals surface area contributed by atoms with Crippen molar-refractivity contribution in [2.75, 3.05) is 0 Å². The van der Waals surface area contributed by atoms with Crippen LogP contribution in [0.4, 0.5) is 0 Å². The molecule has 17 heavy (non-hydrogen) atoms. The average molecular weight is 254 g/mol. The predicted molar refractivity (Wildman–Crippen MR) is 62.8 cm³/mol. The van der Waals surface area contributed by atoms with Crippen molar-refractivity contribution in [3.8, 4) is 0 Å². The normalized spacial score (nSPS) is 21.1. The third-order valence-corrected chi connectivity index (χ3v) is 5.32. The summed E-state index contributed by atoms with van der Waals surface area (Å²) in [5.74, 6) is -0.873. The molecule has 0 radical (unpaired) electrons. The number of aryl methyl sites for hydroxylation is 1. The van der Waals surface area contributed by atoms with Gasteiger partial charge in [-0.1, -0.05) is 12.1 Å². The Morgan fingerprint density at radius 1 is 1.47 bits per heavy atom. The summed E-state index contributed by atoms with van der Waals surface area (Å²) in [7, 11) is -3.19. The molecule has 4 nitrogen and oxygen atoms in total. The zero-order valence-corrected chi connectivity index (χ0v) is 10.3. The molecule has 1 heterocycles. The van der Waals surface area contributed by atoms with Crippen LogP contribution in [-0.4, -0.2) is 24.7 Å². The summed E-state index contributed by atoms with van der Waals surface area (Å²) in [6, 6.07) is 5.24. The van der Waals surface area contributed by atoms with Gasteiger partial charge in [0.05, 0.1) is 10.1 Å². The van der Waals surface area contributed by atoms with E-state index in [1.165, 1.54) is 0 Å². The fourth-order valence-electron chi connectivity index (χ4n) is 2.08. The number of fused-ring (bicyclic) bond motifs is 1. The van der Waals surface area contributed by atoms with E-state index in [2.05, 4.69) is 0 Å². The molecule has 1 N–H and O–H groups in total. The second-order valence-corrected chi connectivity index (χ2v) is 6.73. The molecule has 0 saturated carbocycles. The summed E-state index contributed by atoms with van der Waals surface area (Å²) >= 11 is 0. The first-order chi connectivity index (χ1) is 7.91. The van der Waals surface area contributed by atoms with E-state index in [1.54, 1.807) is 19.1 Å². The minimum atomic E-state index is -3.19. The number of benzene rings is 1. The molecule has 1 aromatic carbocycles. The molecule has 1 unspecified atom stereocenters. The number of aliphatic carboxylic acids is 1. The van der Waals surface area contributed by atoms with Gasteiger partial charge in [0, 0.05) is 6.42 Å². The van der Waals surface area contributed by atoms with Crippen LogP contribution in [0.25, 0.3) is 0 Å². The Labute approximate surface area is 100 Å². The van der Waals surface area contributed by atoms with Crippen LogP contribution in [0.5, 0.6) is 0 Å². The molecule has 0 fully saturated rings. The lowest BCUT2D eigenvalue weighted by molar-refractivity contribution is -0.136. The van der Waals surface area contributed by atoms with E-state index >= 15 is 0 Å². The van der Waals surface area contributed by atoms with Gasteiger partial charge in [-0.3, -0.25) is 4.79 Å². The van der Waals surface area contributed by atoms with E-state index < -0.39 is 15.8 Å². The minimum Gasteiger partial charge on any atom is -0.481 e. The summed E-state index contributed by atoms with van der Waals surface area (Å²) in [6.07, 6.45) is 0.942. The molecule has 1 aliphatic heterocycles. The molecule has 92 valence electrons. The molecular formula is C12H14O4S. The molecular weight excluding hydrogens is 240 g/mol. The van der Waals surface area contributed by atoms with Gasteiger partial charge in [0.25, 0.3) is 0 Å². The second kappa shape index (κ2) is 4.14. The molecule has 1 aromatic rings. The van der Waals surface area contributed by atoms with E-state index in [-0.39, 0.29) is 11.7 Å². The monoisotopic (exact) mass is 254 g/mol. The molecule has 0 amide bonds. The second-order valence-electron chi connectivity index (χ2n) is 4.40. The molecule has 0 spiro atoms. The summed E-state index contributed by atoms with van der Waals surface area (Å²) in [4.78, 5) is 10.8. The number of hydrogen-bond acceptors (Lipinski definition) is 3. The fourth-order valence-corrected chi connectivity index (χ4v) is 3.74. The number of hydrogen-bond donors (Lipinski definition) is 1. The molecule has 0 aliphatic carbocycles. The topological polar surface area (TPSA) is 71.4 Å². The van der Waals surface area contributed by atoms with Crippen LogP contribution in [0.15, 0.2) is 23.1 Å². The first-order valence-electron chi connectivity index (χ1n) is 5.49. The zero-order valence-electron chi connectivity index (χ0n) is 9.51. The number of carbonyl (C=O) groups is 1. The maximum Gasteiger partial charge on any atom is 0.303 e. The molecule has 0 bridgehead atoms. The Morgan fingerprint density at radius 2 is 2.18 bits per heavy atom. The highest BCUT2D eigenvalue weighted by Gasteiger charge is 2.33. The standard InChI is InChI=1S/C12H14O4S/c1-8-6-10-4-2-9(3-5-12(13)14)7-11(10)17(8,15)16/h2,4,7-8H,3,5-6H2,1H3,(H,13,14). The highest BCUT2D eigenvalue weighted by Crippen LogP contribution is 2.31. The van der Waals surface area contributed by atoms with Gasteiger partial charge in [-0.25, -0.2) is 8.42 Å². The fraction of sp³-hybridized carbons (Fsp3) is 0.417. The van der Waals surface area contributed by atoms with E-state index in [9.17, 15) is 13.2 Å². The minimum absolute atomic E-state index is 0.0222. The van der Waals surface area contributed by atoms with Gasteiger partial charge in [0.1, 0.15) is 0 Å². The van der Waals surface area contributed by atoms with E-state index in [4.69, 9.17) is 5.11 Å². The van der Waals surface area contributed by atoms with Crippen LogP contribution < -0.4 is 0 Å². The van der Waals surface area contributed by atoms with Gasteiger partial charge in [0.2, 0.25) is 0 Å². The van der Waals surface area contributed by atoms with Crippen LogP contribution in [0.2, 0.25) is 0 Å². The van der Waals surface area contributed by atoms with Gasteiger partial charge < -0.3 is 5.11 Å². The summed E-state index contributed by atoms with van der Waals surface area (Å²) in [5, 5.41) is 8.23. The Morgan fingerprint density at radius 3 is 2.82 bits per heavy atom. The molecule has 1 atom stereocenters. The van der Waals surface area contributed by atoms with Gasteiger partial charge in [-0.2, -0.15) is 0 Å². The average Bonchev–Trinajstić information content (AvgIpc) is 2.48. The van der Waals surface area contributed by atoms with Gasteiger partial charge in [-0.15, -0.1) is 0 Å². The predicted octanol–water partition coefficient (Wildman–Crippen LogP) is 1.42. The molecule has 1 aliphatic rings. The largest absolute Gasteiger partial charge is 0.481 e. The summed E-state index contributed by atoms with van der Waals surface area (Å²) in [6.45, 7) is 1.70. The van der Waals surface area contributed by atoms with Crippen molar-refractivity contribution in [2.45, 2.75) is 36.3 Å². The van der Waals surface area contributed by atoms with Crippen molar-refractivity contribution in [3.63, 3.8) is 0 Å². The Hall–Kier alpha value is -1.36. The van der Waals surface area contributed by atoms with E-state index in [0.717, 1.165) is 11.1 Å². The van der Waals surface area contributed by atoms with Crippen molar-refractivity contribution in [1.82, 2.24) is 0 Å². The van der Waals surface area contributed by atoms with Crippen molar-refractivity contribution >= 4 is 15.8 Å². The number of sulfone groups is 1. The number of carboxylic acid groups (broad SMARTS) is 1. The summed E-state index contributed by atoms with van der Waals surface area (Å²) in [5.41, 5.74) is 1.61. The van der Waals surface area contributed by atoms with Gasteiger partial charge >= 0.3 is 5.97 Å². The van der Waals surface area contributed by atoms with Crippen LogP contribution in [-0.2, 0) is 27.5 Å². The molecule has 5 heteroatoms. The van der Waals surface area contributed by atoms with Crippen LogP contribution in [0.3, 0.4) is 0 Å². The molecule has 0 aromatic heterocycles. The van der Waals surface area contributed by atoms with Crippen molar-refractivity contribution in [3.05, 3.63) is 29.3 Å². The molecule has 2 rings (SSSR count). The Kier molecular flexibility index (Phi) is 2.95. The molecule has 0 saturated heterocycles. The first-order valence-corrected chi connectivity index (χ1v) is 7.03. The lowest BCUT2D eigenvalue weighted by atomic mass is 10.1. The quantitative estimate of drug-likeness (QED) is 0.885. The zero-order chi connectivity index (χ0) is 12.6. The first kappa shape index (κ1) is 12.1. The number of carboxylic acids is 1. The van der Waals surface area contributed by atoms with Crippen molar-refractivity contribution in [1.29, 1.82) is 0 Å². The SMILES string of the molecule is CC1Cc2ccc(CCC(=O)O)cc2S1(=O)=O. The third kappa shape index (κ3) is 2.20. The number of rotatable bonds is 3. The third-order valence-electron chi connectivity index (χ3n) is 3.10. The van der Waals surface area contributed by atoms with Crippen LogP contribution >= 0.6 is 0 Å². The highest BCUT2D eigenvalue weighted by atomic mass is 32.2. The maximum atomic E-state index is 12.0. The lowest BCUT2D eigenvalue weighted by Crippen LogP contribution is -2.11. The van der Waals surface area contributed by atoms with Gasteiger partial charge in [0.15, 0.2) is 9.84 Å². The maximum absolute atomic E-state index is 12.0. The van der Waals surface area contributed by atoms with E-state index in [0.29, 0.717) is 17.7 Å². The van der Waals surface area contributed by atoms with Crippen LogP contribution in [0, 0.1) is 0 Å². The van der Waals surface area contributed by atoms with Crippen LogP contribution in [0.1, 0.15) is 24.5 Å². The smallest absolute Gasteiger partial charge is 0.303 e. The highest BCUT2D eigenvalue weighted by molar-refractivity contribution is 7.92. The summed E-state index contributed by atoms with van der Waals surface area (Å²) < 4.78 is 23.9. The van der Waals surface area contributed by atoms with Gasteiger partial charge in [-0.05, 0) is 37.0 Å². The lowest BCUT2D eigenvalue weighted by Gasteiger charge is -2.03. The van der Waals surface area contributed by atoms with E-state index in [1.807, 2.05) is 6.07 Å². The Bertz CT molecular complexity index is 560. The Balaban J connectivity index is 2.33. The van der Waals surface area contributed by atoms with Crippen molar-refractivity contribution < 1.29 is 18.3 Å². The van der Waals surface area contributed by atoms with Crippen molar-refractivity contribution in [2.24, 2.45) is 0 Å².